The first-order valence-corrected chi connectivity index (χ1v) is 9.55. The summed E-state index contributed by atoms with van der Waals surface area (Å²) in [5, 5.41) is 0.512. The van der Waals surface area contributed by atoms with Crippen LogP contribution in [0.2, 0.25) is 5.02 Å². The molecule has 6 nitrogen and oxygen atoms in total. The molecule has 2 aromatic carbocycles. The Balaban J connectivity index is 1.92. The maximum atomic E-state index is 13.4. The number of Topliss-reactive ketones (excluding diaryl/α,β-unsaturated/α-hetero) is 1. The summed E-state index contributed by atoms with van der Waals surface area (Å²) in [4.78, 5) is 43.7. The van der Waals surface area contributed by atoms with Gasteiger partial charge in [0, 0.05) is 36.2 Å². The van der Waals surface area contributed by atoms with Crippen LogP contribution in [0.5, 0.6) is 0 Å². The molecular weight excluding hydrogens is 390 g/mol. The van der Waals surface area contributed by atoms with Crippen LogP contribution in [-0.4, -0.2) is 20.6 Å². The third kappa shape index (κ3) is 2.36. The van der Waals surface area contributed by atoms with Crippen molar-refractivity contribution in [3.05, 3.63) is 96.6 Å². The zero-order valence-electron chi connectivity index (χ0n) is 15.7. The Kier molecular flexibility index (Phi) is 3.76. The summed E-state index contributed by atoms with van der Waals surface area (Å²) in [5.41, 5.74) is 2.09. The third-order valence-electron chi connectivity index (χ3n) is 5.79. The van der Waals surface area contributed by atoms with Crippen LogP contribution in [-0.2, 0) is 14.1 Å². The lowest BCUT2D eigenvalue weighted by atomic mass is 9.76. The molecule has 0 unspecified atom stereocenters. The van der Waals surface area contributed by atoms with E-state index in [1.54, 1.807) is 31.3 Å². The van der Waals surface area contributed by atoms with E-state index in [0.29, 0.717) is 27.7 Å². The van der Waals surface area contributed by atoms with Crippen LogP contribution in [0, 0.1) is 5.92 Å². The van der Waals surface area contributed by atoms with E-state index in [-0.39, 0.29) is 5.78 Å². The smallest absolute Gasteiger partial charge is 0.293 e. The molecule has 2 heterocycles. The lowest BCUT2D eigenvalue weighted by Crippen LogP contribution is -2.43. The van der Waals surface area contributed by atoms with Crippen molar-refractivity contribution < 1.29 is 4.79 Å². The number of benzene rings is 2. The van der Waals surface area contributed by atoms with Crippen molar-refractivity contribution in [2.45, 2.75) is 5.92 Å². The van der Waals surface area contributed by atoms with Gasteiger partial charge in [0.15, 0.2) is 5.78 Å². The average molecular weight is 406 g/mol. The predicted octanol–water partition coefficient (Wildman–Crippen LogP) is 2.82. The van der Waals surface area contributed by atoms with Crippen molar-refractivity contribution in [1.29, 1.82) is 0 Å². The Morgan fingerprint density at radius 2 is 1.62 bits per heavy atom. The van der Waals surface area contributed by atoms with E-state index < -0.39 is 23.1 Å². The molecule has 29 heavy (non-hydrogen) atoms. The van der Waals surface area contributed by atoms with E-state index in [0.717, 1.165) is 15.7 Å². The molecule has 2 atom stereocenters. The summed E-state index contributed by atoms with van der Waals surface area (Å²) in [6.07, 6.45) is 0. The maximum absolute atomic E-state index is 13.4. The molecule has 144 valence electrons. The summed E-state index contributed by atoms with van der Waals surface area (Å²) in [5.74, 6) is -1.00. The van der Waals surface area contributed by atoms with Gasteiger partial charge in [-0.1, -0.05) is 48.0 Å². The number of nitrogens with zero attached hydrogens (tertiary/aromatic N) is 3. The fourth-order valence-electron chi connectivity index (χ4n) is 4.43. The second-order valence-corrected chi connectivity index (χ2v) is 7.80. The molecule has 0 amide bonds. The second kappa shape index (κ2) is 6.12. The predicted molar refractivity (Wildman–Crippen MR) is 111 cm³/mol. The quantitative estimate of drug-likeness (QED) is 0.625. The molecule has 1 aromatic heterocycles. The number of carbonyl (C=O) groups excluding carboxylic acids is 1. The van der Waals surface area contributed by atoms with Crippen LogP contribution in [0.25, 0.3) is 0 Å². The second-order valence-electron chi connectivity index (χ2n) is 7.36. The monoisotopic (exact) mass is 405 g/mol. The van der Waals surface area contributed by atoms with Gasteiger partial charge >= 0.3 is 5.69 Å². The van der Waals surface area contributed by atoms with Gasteiger partial charge in [-0.3, -0.25) is 18.7 Å². The Morgan fingerprint density at radius 3 is 2.34 bits per heavy atom. The average Bonchev–Trinajstić information content (AvgIpc) is 3.01. The highest BCUT2D eigenvalue weighted by molar-refractivity contribution is 6.31. The molecule has 0 saturated carbocycles. The van der Waals surface area contributed by atoms with E-state index in [2.05, 4.69) is 4.99 Å². The number of hydrogen-bond acceptors (Lipinski definition) is 4. The van der Waals surface area contributed by atoms with Gasteiger partial charge in [0.1, 0.15) is 5.82 Å². The van der Waals surface area contributed by atoms with Crippen LogP contribution < -0.4 is 11.2 Å². The summed E-state index contributed by atoms with van der Waals surface area (Å²) in [7, 11) is 3.02. The first-order valence-electron chi connectivity index (χ1n) is 9.17. The molecule has 3 aromatic rings. The number of ketones is 1. The van der Waals surface area contributed by atoms with Crippen LogP contribution in [0.1, 0.15) is 33.0 Å². The molecule has 7 heteroatoms. The van der Waals surface area contributed by atoms with Gasteiger partial charge in [-0.25, -0.2) is 9.79 Å². The van der Waals surface area contributed by atoms with Gasteiger partial charge in [-0.2, -0.15) is 0 Å². The van der Waals surface area contributed by atoms with E-state index in [4.69, 9.17) is 11.6 Å². The highest BCUT2D eigenvalue weighted by Crippen LogP contribution is 2.46. The van der Waals surface area contributed by atoms with Gasteiger partial charge in [0.2, 0.25) is 0 Å². The van der Waals surface area contributed by atoms with E-state index >= 15 is 0 Å². The minimum absolute atomic E-state index is 0.0779. The summed E-state index contributed by atoms with van der Waals surface area (Å²) in [6, 6.07) is 14.4. The normalized spacial score (nSPS) is 19.4. The molecule has 1 aliphatic carbocycles. The standard InChI is InChI=1S/C22H16ClN3O3/c1-25-20-17(21(28)26(2)22(25)29)15(11-6-5-7-12(23)10-11)16-18(24-20)13-8-3-4-9-14(13)19(16)27/h3-10,15-16H,1-2H3/t15-,16+/m1/s1. The number of rotatable bonds is 1. The molecule has 0 N–H and O–H groups in total. The van der Waals surface area contributed by atoms with Gasteiger partial charge in [0.05, 0.1) is 17.2 Å². The number of hydrogen-bond donors (Lipinski definition) is 0. The highest BCUT2D eigenvalue weighted by Gasteiger charge is 2.47. The van der Waals surface area contributed by atoms with Crippen LogP contribution in [0.15, 0.2) is 63.1 Å². The van der Waals surface area contributed by atoms with Crippen LogP contribution >= 0.6 is 11.6 Å². The van der Waals surface area contributed by atoms with Crippen molar-refractivity contribution in [1.82, 2.24) is 9.13 Å². The van der Waals surface area contributed by atoms with Crippen molar-refractivity contribution in [2.75, 3.05) is 0 Å². The van der Waals surface area contributed by atoms with E-state index in [1.807, 2.05) is 24.3 Å². The Bertz CT molecular complexity index is 1370. The zero-order chi connectivity index (χ0) is 20.4. The zero-order valence-corrected chi connectivity index (χ0v) is 16.5. The first kappa shape index (κ1) is 17.8. The largest absolute Gasteiger partial charge is 0.332 e. The lowest BCUT2D eigenvalue weighted by Gasteiger charge is -2.30. The Hall–Kier alpha value is -3.25. The minimum Gasteiger partial charge on any atom is -0.293 e. The maximum Gasteiger partial charge on any atom is 0.332 e. The molecule has 0 saturated heterocycles. The van der Waals surface area contributed by atoms with Crippen LogP contribution in [0.3, 0.4) is 0 Å². The Labute approximate surface area is 170 Å². The molecule has 0 fully saturated rings. The van der Waals surface area contributed by atoms with Crippen molar-refractivity contribution in [2.24, 2.45) is 25.0 Å². The summed E-state index contributed by atoms with van der Waals surface area (Å²) >= 11 is 6.23. The Morgan fingerprint density at radius 1 is 0.897 bits per heavy atom. The van der Waals surface area contributed by atoms with E-state index in [1.165, 1.54) is 11.6 Å². The van der Waals surface area contributed by atoms with Crippen LogP contribution in [0.4, 0.5) is 5.82 Å². The molecule has 2 aliphatic rings. The lowest BCUT2D eigenvalue weighted by molar-refractivity contribution is 0.0953. The van der Waals surface area contributed by atoms with Crippen molar-refractivity contribution in [3.8, 4) is 0 Å². The molecule has 1 aliphatic heterocycles. The molecule has 5 rings (SSSR count). The number of carbonyl (C=O) groups is 1. The first-order chi connectivity index (χ1) is 13.9. The molecule has 0 bridgehead atoms. The molecular formula is C22H16ClN3O3. The molecule has 0 radical (unpaired) electrons. The number of aromatic nitrogens is 2. The fraction of sp³-hybridized carbons (Fsp3) is 0.182. The molecule has 0 spiro atoms. The topological polar surface area (TPSA) is 73.4 Å². The number of aliphatic imine (C=N–C) groups is 1. The van der Waals surface area contributed by atoms with Gasteiger partial charge in [0.25, 0.3) is 5.56 Å². The van der Waals surface area contributed by atoms with Crippen molar-refractivity contribution in [3.63, 3.8) is 0 Å². The fourth-order valence-corrected chi connectivity index (χ4v) is 4.63. The van der Waals surface area contributed by atoms with Gasteiger partial charge < -0.3 is 0 Å². The highest BCUT2D eigenvalue weighted by atomic mass is 35.5. The van der Waals surface area contributed by atoms with E-state index in [9.17, 15) is 14.4 Å². The number of halogens is 1. The van der Waals surface area contributed by atoms with Gasteiger partial charge in [-0.05, 0) is 17.7 Å². The third-order valence-corrected chi connectivity index (χ3v) is 6.03. The van der Waals surface area contributed by atoms with Crippen molar-refractivity contribution >= 4 is 28.9 Å². The summed E-state index contributed by atoms with van der Waals surface area (Å²) in [6.45, 7) is 0. The minimum atomic E-state index is -0.636. The summed E-state index contributed by atoms with van der Waals surface area (Å²) < 4.78 is 2.42. The van der Waals surface area contributed by atoms with Gasteiger partial charge in [-0.15, -0.1) is 0 Å². The number of fused-ring (bicyclic) bond motifs is 4. The SMILES string of the molecule is Cn1c2c(c(=O)n(C)c1=O)[C@H](c1cccc(Cl)c1)[C@@H]1C(=O)c3ccccc3C1=N2.